The van der Waals surface area contributed by atoms with Gasteiger partial charge >= 0.3 is 16.3 Å². The van der Waals surface area contributed by atoms with Crippen molar-refractivity contribution in [1.29, 1.82) is 0 Å². The summed E-state index contributed by atoms with van der Waals surface area (Å²) in [4.78, 5) is 24.2. The molecule has 2 atom stereocenters. The van der Waals surface area contributed by atoms with Gasteiger partial charge in [0, 0.05) is 0 Å². The van der Waals surface area contributed by atoms with Crippen LogP contribution in [-0.2, 0) is 25.4 Å². The molecule has 3 aromatic rings. The third kappa shape index (κ3) is 4.45. The highest BCUT2D eigenvalue weighted by molar-refractivity contribution is 8.01. The molecule has 1 fully saturated rings. The number of nitrogens with one attached hydrogen (secondary N) is 1. The first kappa shape index (κ1) is 24.0. The summed E-state index contributed by atoms with van der Waals surface area (Å²) in [5.41, 5.74) is 1.32. The lowest BCUT2D eigenvalue weighted by molar-refractivity contribution is -0.139. The predicted octanol–water partition coefficient (Wildman–Crippen LogP) is 2.73. The number of hydrogen-bond acceptors (Lipinski definition) is 6. The Morgan fingerprint density at radius 3 is 1.65 bits per heavy atom. The highest BCUT2D eigenvalue weighted by Gasteiger charge is 2.56. The van der Waals surface area contributed by atoms with Gasteiger partial charge in [0.2, 0.25) is 0 Å². The van der Waals surface area contributed by atoms with E-state index in [2.05, 4.69) is 5.32 Å². The zero-order valence-corrected chi connectivity index (χ0v) is 19.4. The van der Waals surface area contributed by atoms with Crippen molar-refractivity contribution in [3.63, 3.8) is 0 Å². The molecule has 34 heavy (non-hydrogen) atoms. The normalized spacial score (nSPS) is 18.4. The van der Waals surface area contributed by atoms with Crippen molar-refractivity contribution in [3.05, 3.63) is 108 Å². The quantitative estimate of drug-likeness (QED) is 0.234. The van der Waals surface area contributed by atoms with E-state index >= 15 is 0 Å². The number of carboxylic acids is 1. The van der Waals surface area contributed by atoms with Crippen molar-refractivity contribution in [2.24, 2.45) is 0 Å². The fourth-order valence-corrected chi connectivity index (χ4v) is 6.35. The van der Waals surface area contributed by atoms with Crippen LogP contribution in [0.15, 0.2) is 91.0 Å². The molecule has 1 aliphatic rings. The molecule has 1 heterocycles. The molecule has 176 valence electrons. The third-order valence-electron chi connectivity index (χ3n) is 5.62. The van der Waals surface area contributed by atoms with Crippen LogP contribution in [0.2, 0.25) is 0 Å². The first-order chi connectivity index (χ1) is 16.2. The van der Waals surface area contributed by atoms with E-state index in [1.54, 1.807) is 0 Å². The minimum atomic E-state index is -4.86. The molecule has 3 aromatic carbocycles. The summed E-state index contributed by atoms with van der Waals surface area (Å²) < 4.78 is 33.7. The molecule has 1 aliphatic heterocycles. The Morgan fingerprint density at radius 1 is 0.882 bits per heavy atom. The van der Waals surface area contributed by atoms with Crippen LogP contribution in [0, 0.1) is 0 Å². The van der Waals surface area contributed by atoms with E-state index < -0.39 is 44.9 Å². The molecule has 0 aromatic heterocycles. The van der Waals surface area contributed by atoms with E-state index in [4.69, 9.17) is 5.11 Å². The molecular weight excluding hydrogens is 476 g/mol. The molecule has 0 unspecified atom stereocenters. The number of thioether (sulfide) groups is 1. The van der Waals surface area contributed by atoms with Crippen molar-refractivity contribution in [3.8, 4) is 0 Å². The van der Waals surface area contributed by atoms with Gasteiger partial charge in [0.25, 0.3) is 5.91 Å². The Balaban J connectivity index is 1.88. The van der Waals surface area contributed by atoms with Crippen LogP contribution in [0.1, 0.15) is 16.7 Å². The first-order valence-corrected chi connectivity index (χ1v) is 12.8. The number of rotatable bonds is 9. The van der Waals surface area contributed by atoms with Crippen LogP contribution < -0.4 is 5.32 Å². The second-order valence-corrected chi connectivity index (χ2v) is 10.1. The average Bonchev–Trinajstić information content (AvgIpc) is 2.83. The highest BCUT2D eigenvalue weighted by atomic mass is 32.2. The Morgan fingerprint density at radius 2 is 1.29 bits per heavy atom. The summed E-state index contributed by atoms with van der Waals surface area (Å²) in [5, 5.41) is 11.3. The smallest absolute Gasteiger partial charge is 0.363 e. The van der Waals surface area contributed by atoms with E-state index in [9.17, 15) is 22.6 Å². The topological polar surface area (TPSA) is 124 Å². The van der Waals surface area contributed by atoms with E-state index in [0.29, 0.717) is 4.31 Å². The van der Waals surface area contributed by atoms with Crippen molar-refractivity contribution in [1.82, 2.24) is 9.62 Å². The number of nitrogens with zero attached hydrogens (tertiary/aromatic N) is 1. The maximum Gasteiger partial charge on any atom is 0.363 e. The largest absolute Gasteiger partial charge is 0.481 e. The molecule has 4 rings (SSSR count). The fraction of sp³-hybridized carbons (Fsp3) is 0.167. The van der Waals surface area contributed by atoms with Gasteiger partial charge in [-0.3, -0.25) is 19.5 Å². The van der Waals surface area contributed by atoms with Gasteiger partial charge in [-0.1, -0.05) is 91.0 Å². The Hall–Kier alpha value is -3.18. The summed E-state index contributed by atoms with van der Waals surface area (Å²) >= 11 is 0.748. The lowest BCUT2D eigenvalue weighted by atomic mass is 9.76. The summed E-state index contributed by atoms with van der Waals surface area (Å²) in [6.45, 7) is 0. The van der Waals surface area contributed by atoms with Crippen LogP contribution in [0.3, 0.4) is 0 Å². The van der Waals surface area contributed by atoms with Gasteiger partial charge in [-0.15, -0.1) is 11.8 Å². The molecule has 8 nitrogen and oxygen atoms in total. The lowest BCUT2D eigenvalue weighted by Gasteiger charge is -2.49. The van der Waals surface area contributed by atoms with Crippen molar-refractivity contribution in [2.75, 3.05) is 5.75 Å². The molecule has 0 bridgehead atoms. The maximum absolute atomic E-state index is 13.0. The highest BCUT2D eigenvalue weighted by Crippen LogP contribution is 2.41. The average molecular weight is 499 g/mol. The van der Waals surface area contributed by atoms with E-state index in [1.807, 2.05) is 91.0 Å². The Labute approximate surface area is 201 Å². The Bertz CT molecular complexity index is 1170. The van der Waals surface area contributed by atoms with Gasteiger partial charge in [-0.05, 0) is 16.7 Å². The Kier molecular flexibility index (Phi) is 6.76. The lowest BCUT2D eigenvalue weighted by Crippen LogP contribution is -2.73. The maximum atomic E-state index is 13.0. The van der Waals surface area contributed by atoms with Gasteiger partial charge in [-0.25, -0.2) is 0 Å². The van der Waals surface area contributed by atoms with E-state index in [1.165, 1.54) is 0 Å². The number of carboxylic acid groups (broad SMARTS) is 1. The number of aliphatic carboxylic acids is 1. The van der Waals surface area contributed by atoms with Gasteiger partial charge in [0.1, 0.15) is 11.4 Å². The van der Waals surface area contributed by atoms with Crippen LogP contribution in [0.4, 0.5) is 0 Å². The van der Waals surface area contributed by atoms with Crippen LogP contribution in [0.25, 0.3) is 0 Å². The SMILES string of the molecule is O=C(O)CS[C@@H]1[C@H](NC(c2ccccc2)(c2ccccc2)c2ccccc2)C(=O)N1S(=O)(=O)O. The van der Waals surface area contributed by atoms with E-state index in [-0.39, 0.29) is 0 Å². The second kappa shape index (κ2) is 9.59. The second-order valence-electron chi connectivity index (χ2n) is 7.68. The standard InChI is InChI=1S/C24H22N2O6S2/c27-20(28)16-33-23-21(22(29)26(23)34(30,31)32)25-24(17-10-4-1-5-11-17,18-12-6-2-7-13-18)19-14-8-3-9-15-19/h1-15,21,23,25H,16H2,(H,27,28)(H,30,31,32)/t21-,23-/m1/s1. The van der Waals surface area contributed by atoms with E-state index in [0.717, 1.165) is 28.5 Å². The van der Waals surface area contributed by atoms with Crippen LogP contribution in [0.5, 0.6) is 0 Å². The fourth-order valence-electron chi connectivity index (χ4n) is 4.18. The summed E-state index contributed by atoms with van der Waals surface area (Å²) in [6, 6.07) is 27.1. The molecular formula is C24H22N2O6S2. The third-order valence-corrected chi connectivity index (χ3v) is 7.89. The zero-order chi connectivity index (χ0) is 24.3. The van der Waals surface area contributed by atoms with Crippen molar-refractivity contribution in [2.45, 2.75) is 17.0 Å². The number of hydrogen-bond donors (Lipinski definition) is 3. The predicted molar refractivity (Wildman–Crippen MR) is 128 cm³/mol. The molecule has 0 saturated carbocycles. The molecule has 3 N–H and O–H groups in total. The summed E-state index contributed by atoms with van der Waals surface area (Å²) in [6.07, 6.45) is 0. The first-order valence-electron chi connectivity index (χ1n) is 10.3. The van der Waals surface area contributed by atoms with Crippen molar-refractivity contribution < 1.29 is 27.7 Å². The van der Waals surface area contributed by atoms with Gasteiger partial charge < -0.3 is 5.11 Å². The molecule has 1 amide bonds. The van der Waals surface area contributed by atoms with Gasteiger partial charge in [0.05, 0.1) is 11.3 Å². The minimum absolute atomic E-state index is 0.323. The van der Waals surface area contributed by atoms with Crippen LogP contribution in [-0.4, -0.2) is 51.4 Å². The summed E-state index contributed by atoms with van der Waals surface area (Å²) in [7, 11) is -4.86. The monoisotopic (exact) mass is 498 g/mol. The number of carbonyl (C=O) groups is 2. The van der Waals surface area contributed by atoms with Gasteiger partial charge in [0.15, 0.2) is 0 Å². The minimum Gasteiger partial charge on any atom is -0.481 e. The number of benzene rings is 3. The molecule has 0 spiro atoms. The molecule has 0 aliphatic carbocycles. The number of carbonyl (C=O) groups excluding carboxylic acids is 1. The molecule has 10 heteroatoms. The zero-order valence-electron chi connectivity index (χ0n) is 17.8. The number of β-lactam (4-membered cyclic amide) rings is 1. The summed E-state index contributed by atoms with van der Waals surface area (Å²) in [5.74, 6) is -2.48. The van der Waals surface area contributed by atoms with Gasteiger partial charge in [-0.2, -0.15) is 12.7 Å². The molecule has 0 radical (unpaired) electrons. The number of amides is 1. The van der Waals surface area contributed by atoms with Crippen LogP contribution >= 0.6 is 11.8 Å². The molecule has 1 saturated heterocycles. The van der Waals surface area contributed by atoms with Crippen molar-refractivity contribution >= 4 is 33.9 Å².